The highest BCUT2D eigenvalue weighted by atomic mass is 35.5. The third kappa shape index (κ3) is 4.44. The Bertz CT molecular complexity index is 1070. The Hall–Kier alpha value is -2.97. The van der Waals surface area contributed by atoms with Crippen LogP contribution in [0, 0.1) is 13.8 Å². The highest BCUT2D eigenvalue weighted by Gasteiger charge is 2.27. The predicted octanol–water partition coefficient (Wildman–Crippen LogP) is 4.66. The SMILES string of the molecule is COC(=O)c1c(C)nc(C)c(C(=O)OC)c1-c1cccc(NCc2cnc(Cl)s2)c1. The molecule has 156 valence electrons. The third-order valence-electron chi connectivity index (χ3n) is 4.48. The molecule has 1 aromatic carbocycles. The Morgan fingerprint density at radius 2 is 1.73 bits per heavy atom. The number of esters is 2. The van der Waals surface area contributed by atoms with Crippen molar-refractivity contribution in [2.24, 2.45) is 0 Å². The molecule has 0 fully saturated rings. The van der Waals surface area contributed by atoms with Crippen LogP contribution in [0.3, 0.4) is 0 Å². The summed E-state index contributed by atoms with van der Waals surface area (Å²) in [5.74, 6) is -1.14. The first kappa shape index (κ1) is 21.7. The lowest BCUT2D eigenvalue weighted by Crippen LogP contribution is -2.16. The first-order valence-corrected chi connectivity index (χ1v) is 10.2. The van der Waals surface area contributed by atoms with E-state index in [2.05, 4.69) is 15.3 Å². The zero-order valence-corrected chi connectivity index (χ0v) is 18.5. The Labute approximate surface area is 183 Å². The Balaban J connectivity index is 2.11. The molecule has 1 N–H and O–H groups in total. The molecule has 0 bridgehead atoms. The number of benzene rings is 1. The molecule has 0 aliphatic heterocycles. The van der Waals surface area contributed by atoms with Gasteiger partial charge in [0.25, 0.3) is 0 Å². The summed E-state index contributed by atoms with van der Waals surface area (Å²) in [6.45, 7) is 3.95. The normalized spacial score (nSPS) is 10.6. The fraction of sp³-hybridized carbons (Fsp3) is 0.238. The van der Waals surface area contributed by atoms with Crippen LogP contribution in [0.2, 0.25) is 4.47 Å². The number of aromatic nitrogens is 2. The van der Waals surface area contributed by atoms with E-state index in [1.54, 1.807) is 20.0 Å². The number of hydrogen-bond acceptors (Lipinski definition) is 8. The van der Waals surface area contributed by atoms with E-state index in [4.69, 9.17) is 21.1 Å². The summed E-state index contributed by atoms with van der Waals surface area (Å²) in [6, 6.07) is 7.41. The van der Waals surface area contributed by atoms with Crippen LogP contribution in [0.25, 0.3) is 11.1 Å². The summed E-state index contributed by atoms with van der Waals surface area (Å²) in [7, 11) is 2.59. The molecule has 2 heterocycles. The second-order valence-corrected chi connectivity index (χ2v) is 8.10. The summed E-state index contributed by atoms with van der Waals surface area (Å²) in [6.07, 6.45) is 1.71. The zero-order valence-electron chi connectivity index (χ0n) is 16.9. The molecule has 0 saturated heterocycles. The van der Waals surface area contributed by atoms with Crippen LogP contribution in [0.15, 0.2) is 30.5 Å². The molecule has 0 spiro atoms. The number of halogens is 1. The van der Waals surface area contributed by atoms with E-state index in [0.29, 0.717) is 33.5 Å². The maximum Gasteiger partial charge on any atom is 0.340 e. The van der Waals surface area contributed by atoms with Crippen LogP contribution in [0.5, 0.6) is 0 Å². The fourth-order valence-corrected chi connectivity index (χ4v) is 4.10. The summed E-state index contributed by atoms with van der Waals surface area (Å²) in [5.41, 5.74) is 3.31. The number of methoxy groups -OCH3 is 2. The summed E-state index contributed by atoms with van der Waals surface area (Å²) < 4.78 is 10.4. The molecular formula is C21H20ClN3O4S. The van der Waals surface area contributed by atoms with Gasteiger partial charge in [-0.3, -0.25) is 4.98 Å². The fourth-order valence-electron chi connectivity index (χ4n) is 3.18. The van der Waals surface area contributed by atoms with Gasteiger partial charge in [-0.2, -0.15) is 0 Å². The third-order valence-corrected chi connectivity index (χ3v) is 5.60. The van der Waals surface area contributed by atoms with E-state index < -0.39 is 11.9 Å². The number of rotatable bonds is 6. The number of anilines is 1. The maximum atomic E-state index is 12.6. The maximum absolute atomic E-state index is 12.6. The second kappa shape index (κ2) is 9.23. The largest absolute Gasteiger partial charge is 0.465 e. The van der Waals surface area contributed by atoms with Crippen LogP contribution in [-0.4, -0.2) is 36.1 Å². The number of carbonyl (C=O) groups is 2. The Kier molecular flexibility index (Phi) is 6.69. The van der Waals surface area contributed by atoms with Gasteiger partial charge in [0, 0.05) is 22.3 Å². The molecule has 30 heavy (non-hydrogen) atoms. The summed E-state index contributed by atoms with van der Waals surface area (Å²) in [4.78, 5) is 34.5. The summed E-state index contributed by atoms with van der Waals surface area (Å²) >= 11 is 7.28. The van der Waals surface area contributed by atoms with E-state index >= 15 is 0 Å². The molecular weight excluding hydrogens is 426 g/mol. The molecule has 0 atom stereocenters. The lowest BCUT2D eigenvalue weighted by molar-refractivity contribution is 0.0599. The van der Waals surface area contributed by atoms with Gasteiger partial charge >= 0.3 is 11.9 Å². The van der Waals surface area contributed by atoms with Gasteiger partial charge in [-0.1, -0.05) is 23.7 Å². The van der Waals surface area contributed by atoms with Gasteiger partial charge in [0.1, 0.15) is 0 Å². The molecule has 7 nitrogen and oxygen atoms in total. The minimum absolute atomic E-state index is 0.231. The number of nitrogens with zero attached hydrogens (tertiary/aromatic N) is 2. The van der Waals surface area contributed by atoms with Crippen LogP contribution in [0.4, 0.5) is 5.69 Å². The average Bonchev–Trinajstić information content (AvgIpc) is 3.16. The molecule has 0 aliphatic rings. The monoisotopic (exact) mass is 445 g/mol. The van der Waals surface area contributed by atoms with Crippen molar-refractivity contribution in [2.45, 2.75) is 20.4 Å². The van der Waals surface area contributed by atoms with Gasteiger partial charge in [0.15, 0.2) is 4.47 Å². The average molecular weight is 446 g/mol. The van der Waals surface area contributed by atoms with Crippen molar-refractivity contribution in [1.29, 1.82) is 0 Å². The van der Waals surface area contributed by atoms with E-state index in [1.807, 2.05) is 24.3 Å². The quantitative estimate of drug-likeness (QED) is 0.551. The molecule has 0 unspecified atom stereocenters. The van der Waals surface area contributed by atoms with Crippen LogP contribution in [0.1, 0.15) is 37.0 Å². The molecule has 2 aromatic heterocycles. The van der Waals surface area contributed by atoms with E-state index in [-0.39, 0.29) is 11.1 Å². The number of aryl methyl sites for hydroxylation is 2. The number of nitrogens with one attached hydrogen (secondary N) is 1. The molecule has 0 aliphatic carbocycles. The Morgan fingerprint density at radius 3 is 2.27 bits per heavy atom. The van der Waals surface area contributed by atoms with Crippen molar-refractivity contribution >= 4 is 40.6 Å². The number of ether oxygens (including phenoxy) is 2. The second-order valence-electron chi connectivity index (χ2n) is 6.40. The molecule has 3 rings (SSSR count). The highest BCUT2D eigenvalue weighted by molar-refractivity contribution is 7.15. The first-order valence-electron chi connectivity index (χ1n) is 8.98. The van der Waals surface area contributed by atoms with Crippen molar-refractivity contribution in [1.82, 2.24) is 9.97 Å². The van der Waals surface area contributed by atoms with Crippen molar-refractivity contribution in [3.63, 3.8) is 0 Å². The predicted molar refractivity (Wildman–Crippen MR) is 116 cm³/mol. The molecule has 0 amide bonds. The van der Waals surface area contributed by atoms with Gasteiger partial charge in [-0.15, -0.1) is 11.3 Å². The van der Waals surface area contributed by atoms with Crippen molar-refractivity contribution in [2.75, 3.05) is 19.5 Å². The van der Waals surface area contributed by atoms with Crippen molar-refractivity contribution in [3.05, 3.63) is 62.3 Å². The molecule has 9 heteroatoms. The number of hydrogen-bond donors (Lipinski definition) is 1. The smallest absolute Gasteiger partial charge is 0.340 e. The van der Waals surface area contributed by atoms with Gasteiger partial charge < -0.3 is 14.8 Å². The molecule has 3 aromatic rings. The molecule has 0 saturated carbocycles. The molecule has 0 radical (unpaired) electrons. The van der Waals surface area contributed by atoms with Crippen LogP contribution < -0.4 is 5.32 Å². The lowest BCUT2D eigenvalue weighted by Gasteiger charge is -2.17. The number of thiazole rings is 1. The van der Waals surface area contributed by atoms with Gasteiger partial charge in [-0.25, -0.2) is 14.6 Å². The van der Waals surface area contributed by atoms with Crippen LogP contribution >= 0.6 is 22.9 Å². The topological polar surface area (TPSA) is 90.4 Å². The van der Waals surface area contributed by atoms with Gasteiger partial charge in [0.05, 0.1) is 43.3 Å². The number of pyridine rings is 1. The van der Waals surface area contributed by atoms with Crippen molar-refractivity contribution in [3.8, 4) is 11.1 Å². The van der Waals surface area contributed by atoms with E-state index in [0.717, 1.165) is 10.6 Å². The van der Waals surface area contributed by atoms with Crippen molar-refractivity contribution < 1.29 is 19.1 Å². The lowest BCUT2D eigenvalue weighted by atomic mass is 9.92. The zero-order chi connectivity index (χ0) is 21.8. The minimum atomic E-state index is -0.571. The first-order chi connectivity index (χ1) is 14.3. The standard InChI is InChI=1S/C21H20ClN3O4S/c1-11-16(19(26)28-3)18(17(12(2)25-11)20(27)29-4)13-6-5-7-14(8-13)23-9-15-10-24-21(22)30-15/h5-8,10,23H,9H2,1-4H3. The highest BCUT2D eigenvalue weighted by Crippen LogP contribution is 2.34. The van der Waals surface area contributed by atoms with Crippen LogP contribution in [-0.2, 0) is 16.0 Å². The summed E-state index contributed by atoms with van der Waals surface area (Å²) in [5, 5.41) is 3.30. The van der Waals surface area contributed by atoms with Gasteiger partial charge in [-0.05, 0) is 31.5 Å². The van der Waals surface area contributed by atoms with Gasteiger partial charge in [0.2, 0.25) is 0 Å². The van der Waals surface area contributed by atoms with E-state index in [9.17, 15) is 9.59 Å². The Morgan fingerprint density at radius 1 is 1.10 bits per heavy atom. The van der Waals surface area contributed by atoms with E-state index in [1.165, 1.54) is 25.6 Å². The number of carbonyl (C=O) groups excluding carboxylic acids is 2. The minimum Gasteiger partial charge on any atom is -0.465 e.